The zero-order valence-electron chi connectivity index (χ0n) is 12.4. The predicted molar refractivity (Wildman–Crippen MR) is 76.7 cm³/mol. The second kappa shape index (κ2) is 7.12. The number of ether oxygens (including phenoxy) is 2. The van der Waals surface area contributed by atoms with Crippen LogP contribution in [0.15, 0.2) is 18.2 Å². The fourth-order valence-electron chi connectivity index (χ4n) is 1.60. The standard InChI is InChI=1S/C14H22N2O4/c1-14(2,3)20-13(17)16-11-9-10(7-8-19-15)5-6-12(11)18-4/h5-6,9H,7-8,15H2,1-4H3,(H,16,17). The first kappa shape index (κ1) is 16.3. The lowest BCUT2D eigenvalue weighted by Gasteiger charge is -2.20. The topological polar surface area (TPSA) is 82.8 Å². The highest BCUT2D eigenvalue weighted by Gasteiger charge is 2.17. The van der Waals surface area contributed by atoms with E-state index in [1.54, 1.807) is 26.8 Å². The van der Waals surface area contributed by atoms with E-state index in [2.05, 4.69) is 10.2 Å². The molecule has 0 aliphatic heterocycles. The first-order valence-electron chi connectivity index (χ1n) is 6.34. The van der Waals surface area contributed by atoms with Crippen molar-refractivity contribution in [2.45, 2.75) is 32.8 Å². The molecular weight excluding hydrogens is 260 g/mol. The van der Waals surface area contributed by atoms with Crippen LogP contribution in [0.3, 0.4) is 0 Å². The summed E-state index contributed by atoms with van der Waals surface area (Å²) >= 11 is 0. The number of benzene rings is 1. The van der Waals surface area contributed by atoms with Crippen LogP contribution in [-0.4, -0.2) is 25.4 Å². The maximum atomic E-state index is 11.8. The van der Waals surface area contributed by atoms with Gasteiger partial charge in [-0.1, -0.05) is 6.07 Å². The van der Waals surface area contributed by atoms with Crippen molar-refractivity contribution in [3.63, 3.8) is 0 Å². The Kier molecular flexibility index (Phi) is 5.79. The number of rotatable bonds is 5. The van der Waals surface area contributed by atoms with Gasteiger partial charge < -0.3 is 14.3 Å². The van der Waals surface area contributed by atoms with Gasteiger partial charge in [0.15, 0.2) is 0 Å². The molecule has 0 saturated carbocycles. The zero-order chi connectivity index (χ0) is 15.2. The van der Waals surface area contributed by atoms with Crippen LogP contribution in [0, 0.1) is 0 Å². The van der Waals surface area contributed by atoms with Gasteiger partial charge >= 0.3 is 6.09 Å². The Morgan fingerprint density at radius 3 is 2.60 bits per heavy atom. The van der Waals surface area contributed by atoms with Crippen molar-refractivity contribution in [1.82, 2.24) is 0 Å². The van der Waals surface area contributed by atoms with Crippen LogP contribution in [0.2, 0.25) is 0 Å². The Morgan fingerprint density at radius 2 is 2.05 bits per heavy atom. The van der Waals surface area contributed by atoms with Crippen molar-refractivity contribution in [3.8, 4) is 5.75 Å². The fourth-order valence-corrected chi connectivity index (χ4v) is 1.60. The van der Waals surface area contributed by atoms with E-state index in [1.807, 2.05) is 12.1 Å². The summed E-state index contributed by atoms with van der Waals surface area (Å²) in [6, 6.07) is 5.47. The lowest BCUT2D eigenvalue weighted by molar-refractivity contribution is 0.0635. The Bertz CT molecular complexity index is 455. The van der Waals surface area contributed by atoms with Crippen molar-refractivity contribution in [2.24, 2.45) is 5.90 Å². The molecule has 20 heavy (non-hydrogen) atoms. The molecule has 0 aromatic heterocycles. The van der Waals surface area contributed by atoms with Crippen LogP contribution in [-0.2, 0) is 16.0 Å². The lowest BCUT2D eigenvalue weighted by atomic mass is 10.1. The van der Waals surface area contributed by atoms with E-state index in [9.17, 15) is 4.79 Å². The summed E-state index contributed by atoms with van der Waals surface area (Å²) in [6.07, 6.45) is 0.117. The summed E-state index contributed by atoms with van der Waals surface area (Å²) < 4.78 is 10.4. The van der Waals surface area contributed by atoms with Gasteiger partial charge in [-0.05, 0) is 44.9 Å². The lowest BCUT2D eigenvalue weighted by Crippen LogP contribution is -2.27. The van der Waals surface area contributed by atoms with Gasteiger partial charge in [0.25, 0.3) is 0 Å². The molecular formula is C14H22N2O4. The Morgan fingerprint density at radius 1 is 1.35 bits per heavy atom. The number of carbonyl (C=O) groups excluding carboxylic acids is 1. The third-order valence-corrected chi connectivity index (χ3v) is 2.41. The molecule has 0 aliphatic carbocycles. The van der Waals surface area contributed by atoms with E-state index >= 15 is 0 Å². The van der Waals surface area contributed by atoms with Gasteiger partial charge in [-0.25, -0.2) is 10.7 Å². The number of hydrogen-bond acceptors (Lipinski definition) is 5. The molecule has 0 aliphatic rings. The quantitative estimate of drug-likeness (QED) is 0.811. The van der Waals surface area contributed by atoms with E-state index in [-0.39, 0.29) is 0 Å². The maximum Gasteiger partial charge on any atom is 0.412 e. The number of nitrogens with one attached hydrogen (secondary N) is 1. The molecule has 0 atom stereocenters. The molecule has 0 spiro atoms. The van der Waals surface area contributed by atoms with Crippen LogP contribution in [0.5, 0.6) is 5.75 Å². The minimum atomic E-state index is -0.553. The van der Waals surface area contributed by atoms with Crippen molar-refractivity contribution >= 4 is 11.8 Å². The molecule has 1 aromatic rings. The van der Waals surface area contributed by atoms with E-state index in [1.165, 1.54) is 7.11 Å². The minimum absolute atomic E-state index is 0.401. The number of anilines is 1. The van der Waals surface area contributed by atoms with Crippen LogP contribution in [0.1, 0.15) is 26.3 Å². The van der Waals surface area contributed by atoms with Gasteiger partial charge in [-0.2, -0.15) is 0 Å². The van der Waals surface area contributed by atoms with E-state index < -0.39 is 11.7 Å². The molecule has 6 nitrogen and oxygen atoms in total. The summed E-state index contributed by atoms with van der Waals surface area (Å²) in [6.45, 7) is 5.81. The van der Waals surface area contributed by atoms with Gasteiger partial charge in [0.2, 0.25) is 0 Å². The third-order valence-electron chi connectivity index (χ3n) is 2.41. The summed E-state index contributed by atoms with van der Waals surface area (Å²) in [5, 5.41) is 2.68. The van der Waals surface area contributed by atoms with Crippen molar-refractivity contribution in [3.05, 3.63) is 23.8 Å². The van der Waals surface area contributed by atoms with Gasteiger partial charge in [0.1, 0.15) is 11.4 Å². The number of methoxy groups -OCH3 is 1. The highest BCUT2D eigenvalue weighted by atomic mass is 16.6. The SMILES string of the molecule is COc1ccc(CCON)cc1NC(=O)OC(C)(C)C. The van der Waals surface area contributed by atoms with Gasteiger partial charge in [-0.3, -0.25) is 5.32 Å². The molecule has 112 valence electrons. The number of carbonyl (C=O) groups is 1. The molecule has 1 amide bonds. The van der Waals surface area contributed by atoms with Crippen molar-refractivity contribution in [2.75, 3.05) is 19.0 Å². The second-order valence-corrected chi connectivity index (χ2v) is 5.28. The normalized spacial score (nSPS) is 11.1. The summed E-state index contributed by atoms with van der Waals surface area (Å²) in [4.78, 5) is 16.3. The smallest absolute Gasteiger partial charge is 0.412 e. The van der Waals surface area contributed by atoms with Crippen LogP contribution < -0.4 is 16.0 Å². The number of hydrogen-bond donors (Lipinski definition) is 2. The number of nitrogens with two attached hydrogens (primary N) is 1. The number of amides is 1. The highest BCUT2D eigenvalue weighted by molar-refractivity contribution is 5.87. The van der Waals surface area contributed by atoms with Crippen LogP contribution in [0.4, 0.5) is 10.5 Å². The molecule has 0 saturated heterocycles. The van der Waals surface area contributed by atoms with Gasteiger partial charge in [0, 0.05) is 0 Å². The average molecular weight is 282 g/mol. The molecule has 0 radical (unpaired) electrons. The third kappa shape index (κ3) is 5.46. The van der Waals surface area contributed by atoms with E-state index in [4.69, 9.17) is 15.4 Å². The molecule has 0 unspecified atom stereocenters. The molecule has 1 rings (SSSR count). The van der Waals surface area contributed by atoms with Gasteiger partial charge in [-0.15, -0.1) is 0 Å². The van der Waals surface area contributed by atoms with Crippen molar-refractivity contribution in [1.29, 1.82) is 0 Å². The Labute approximate surface area is 119 Å². The maximum absolute atomic E-state index is 11.8. The Balaban J connectivity index is 2.82. The average Bonchev–Trinajstić information content (AvgIpc) is 2.34. The molecule has 3 N–H and O–H groups in total. The van der Waals surface area contributed by atoms with E-state index in [0.29, 0.717) is 24.5 Å². The molecule has 0 fully saturated rings. The largest absolute Gasteiger partial charge is 0.495 e. The monoisotopic (exact) mass is 282 g/mol. The minimum Gasteiger partial charge on any atom is -0.495 e. The van der Waals surface area contributed by atoms with Crippen LogP contribution >= 0.6 is 0 Å². The van der Waals surface area contributed by atoms with Crippen molar-refractivity contribution < 1.29 is 19.1 Å². The molecule has 0 heterocycles. The molecule has 0 bridgehead atoms. The summed E-state index contributed by atoms with van der Waals surface area (Å²) in [5.41, 5.74) is 0.973. The molecule has 1 aromatic carbocycles. The van der Waals surface area contributed by atoms with Crippen LogP contribution in [0.25, 0.3) is 0 Å². The predicted octanol–water partition coefficient (Wildman–Crippen LogP) is 2.48. The first-order chi connectivity index (χ1) is 9.35. The highest BCUT2D eigenvalue weighted by Crippen LogP contribution is 2.26. The zero-order valence-corrected chi connectivity index (χ0v) is 12.4. The summed E-state index contributed by atoms with van der Waals surface area (Å²) in [7, 11) is 1.54. The Hall–Kier alpha value is -1.79. The van der Waals surface area contributed by atoms with Gasteiger partial charge in [0.05, 0.1) is 19.4 Å². The first-order valence-corrected chi connectivity index (χ1v) is 6.34. The fraction of sp³-hybridized carbons (Fsp3) is 0.500. The summed E-state index contributed by atoms with van der Waals surface area (Å²) in [5.74, 6) is 5.57. The molecule has 6 heteroatoms. The van der Waals surface area contributed by atoms with E-state index in [0.717, 1.165) is 5.56 Å². The second-order valence-electron chi connectivity index (χ2n) is 5.28.